The molecule has 0 spiro atoms. The Morgan fingerprint density at radius 3 is 2.29 bits per heavy atom. The number of halogens is 3. The Balaban J connectivity index is 2.03. The Bertz CT molecular complexity index is 944. The van der Waals surface area contributed by atoms with Crippen molar-refractivity contribution < 1.29 is 31.1 Å². The average Bonchev–Trinajstić information content (AvgIpc) is 2.60. The van der Waals surface area contributed by atoms with Crippen molar-refractivity contribution in [1.82, 2.24) is 0 Å². The standard InChI is InChI=1S/C18H19F3N2O4S/c1-12(17(24)22-14-6-4-5-13(11-14)18(19,20)21)27-16-9-7-15(8-10-16)23(2)28(3,25)26/h4-12H,1-3H3,(H,22,24). The second-order valence-corrected chi connectivity index (χ2v) is 8.07. The lowest BCUT2D eigenvalue weighted by Crippen LogP contribution is -2.30. The first-order chi connectivity index (χ1) is 12.9. The average molecular weight is 416 g/mol. The summed E-state index contributed by atoms with van der Waals surface area (Å²) < 4.78 is 67.8. The van der Waals surface area contributed by atoms with E-state index < -0.39 is 33.8 Å². The maximum atomic E-state index is 12.7. The maximum Gasteiger partial charge on any atom is 0.416 e. The van der Waals surface area contributed by atoms with Crippen molar-refractivity contribution in [2.24, 2.45) is 0 Å². The number of nitrogens with zero attached hydrogens (tertiary/aromatic N) is 1. The van der Waals surface area contributed by atoms with Gasteiger partial charge in [0.25, 0.3) is 5.91 Å². The topological polar surface area (TPSA) is 75.7 Å². The Labute approximate surface area is 161 Å². The van der Waals surface area contributed by atoms with Crippen LogP contribution in [0.15, 0.2) is 48.5 Å². The highest BCUT2D eigenvalue weighted by Crippen LogP contribution is 2.30. The van der Waals surface area contributed by atoms with Crippen molar-refractivity contribution in [1.29, 1.82) is 0 Å². The molecule has 0 aliphatic heterocycles. The van der Waals surface area contributed by atoms with E-state index in [0.717, 1.165) is 22.7 Å². The van der Waals surface area contributed by atoms with E-state index >= 15 is 0 Å². The normalized spacial score (nSPS) is 12.9. The molecule has 0 saturated heterocycles. The van der Waals surface area contributed by atoms with Crippen LogP contribution >= 0.6 is 0 Å². The lowest BCUT2D eigenvalue weighted by molar-refractivity contribution is -0.137. The summed E-state index contributed by atoms with van der Waals surface area (Å²) >= 11 is 0. The molecule has 1 atom stereocenters. The summed E-state index contributed by atoms with van der Waals surface area (Å²) in [5.41, 5.74) is -0.458. The third kappa shape index (κ3) is 5.62. The minimum Gasteiger partial charge on any atom is -0.481 e. The number of carbonyl (C=O) groups excluding carboxylic acids is 1. The van der Waals surface area contributed by atoms with Crippen molar-refractivity contribution in [2.75, 3.05) is 22.9 Å². The number of rotatable bonds is 6. The molecule has 0 fully saturated rings. The molecule has 6 nitrogen and oxygen atoms in total. The van der Waals surface area contributed by atoms with E-state index in [1.54, 1.807) is 0 Å². The van der Waals surface area contributed by atoms with Gasteiger partial charge in [-0.15, -0.1) is 0 Å². The molecule has 28 heavy (non-hydrogen) atoms. The van der Waals surface area contributed by atoms with E-state index in [0.29, 0.717) is 11.4 Å². The highest BCUT2D eigenvalue weighted by atomic mass is 32.2. The molecule has 1 unspecified atom stereocenters. The molecule has 1 amide bonds. The second kappa shape index (κ2) is 8.09. The van der Waals surface area contributed by atoms with E-state index in [1.165, 1.54) is 50.4 Å². The molecule has 0 aliphatic rings. The smallest absolute Gasteiger partial charge is 0.416 e. The van der Waals surface area contributed by atoms with Crippen LogP contribution in [-0.4, -0.2) is 33.7 Å². The van der Waals surface area contributed by atoms with Gasteiger partial charge in [0.15, 0.2) is 6.10 Å². The molecule has 10 heteroatoms. The van der Waals surface area contributed by atoms with Gasteiger partial charge in [0, 0.05) is 12.7 Å². The van der Waals surface area contributed by atoms with E-state index in [2.05, 4.69) is 5.32 Å². The molecule has 1 N–H and O–H groups in total. The quantitative estimate of drug-likeness (QED) is 0.782. The summed E-state index contributed by atoms with van der Waals surface area (Å²) in [6.07, 6.45) is -4.44. The van der Waals surface area contributed by atoms with Crippen molar-refractivity contribution in [3.8, 4) is 5.75 Å². The largest absolute Gasteiger partial charge is 0.481 e. The van der Waals surface area contributed by atoms with E-state index in [4.69, 9.17) is 4.74 Å². The summed E-state index contributed by atoms with van der Waals surface area (Å²) in [7, 11) is -2.01. The van der Waals surface area contributed by atoms with Gasteiger partial charge in [-0.25, -0.2) is 8.42 Å². The highest BCUT2D eigenvalue weighted by Gasteiger charge is 2.30. The van der Waals surface area contributed by atoms with Crippen molar-refractivity contribution in [2.45, 2.75) is 19.2 Å². The zero-order valence-electron chi connectivity index (χ0n) is 15.3. The summed E-state index contributed by atoms with van der Waals surface area (Å²) in [5.74, 6) is -0.325. The molecule has 2 rings (SSSR count). The van der Waals surface area contributed by atoms with Crippen LogP contribution in [0.5, 0.6) is 5.75 Å². The Kier molecular flexibility index (Phi) is 6.23. The minimum atomic E-state index is -4.51. The highest BCUT2D eigenvalue weighted by molar-refractivity contribution is 7.92. The number of hydrogen-bond donors (Lipinski definition) is 1. The van der Waals surface area contributed by atoms with Gasteiger partial charge in [0.05, 0.1) is 17.5 Å². The van der Waals surface area contributed by atoms with Crippen LogP contribution in [0.2, 0.25) is 0 Å². The number of sulfonamides is 1. The summed E-state index contributed by atoms with van der Waals surface area (Å²) in [5, 5.41) is 2.37. The molecule has 0 aromatic heterocycles. The third-order valence-electron chi connectivity index (χ3n) is 3.84. The fourth-order valence-corrected chi connectivity index (χ4v) is 2.71. The zero-order chi connectivity index (χ0) is 21.1. The molecule has 0 heterocycles. The first kappa shape index (κ1) is 21.5. The Morgan fingerprint density at radius 2 is 1.75 bits per heavy atom. The van der Waals surface area contributed by atoms with Crippen LogP contribution in [0.1, 0.15) is 12.5 Å². The Morgan fingerprint density at radius 1 is 1.14 bits per heavy atom. The molecule has 2 aromatic carbocycles. The number of benzene rings is 2. The Hall–Kier alpha value is -2.75. The SMILES string of the molecule is CC(Oc1ccc(N(C)S(C)(=O)=O)cc1)C(=O)Nc1cccc(C(F)(F)F)c1. The van der Waals surface area contributed by atoms with E-state index in [1.807, 2.05) is 0 Å². The predicted molar refractivity (Wildman–Crippen MR) is 99.9 cm³/mol. The van der Waals surface area contributed by atoms with Gasteiger partial charge in [0.1, 0.15) is 5.75 Å². The summed E-state index contributed by atoms with van der Waals surface area (Å²) in [4.78, 5) is 12.2. The van der Waals surface area contributed by atoms with E-state index in [-0.39, 0.29) is 5.69 Å². The second-order valence-electron chi connectivity index (χ2n) is 6.05. The molecule has 0 aliphatic carbocycles. The fraction of sp³-hybridized carbons (Fsp3) is 0.278. The number of hydrogen-bond acceptors (Lipinski definition) is 4. The van der Waals surface area contributed by atoms with Crippen LogP contribution in [0, 0.1) is 0 Å². The van der Waals surface area contributed by atoms with Crippen LogP contribution in [0.4, 0.5) is 24.5 Å². The minimum absolute atomic E-state index is 0.000370. The van der Waals surface area contributed by atoms with Gasteiger partial charge in [0.2, 0.25) is 10.0 Å². The van der Waals surface area contributed by atoms with Gasteiger partial charge in [-0.05, 0) is 49.4 Å². The fourth-order valence-electron chi connectivity index (χ4n) is 2.20. The maximum absolute atomic E-state index is 12.7. The van der Waals surface area contributed by atoms with Crippen LogP contribution in [0.25, 0.3) is 0 Å². The third-order valence-corrected chi connectivity index (χ3v) is 5.04. The predicted octanol–water partition coefficient (Wildman–Crippen LogP) is 3.51. The van der Waals surface area contributed by atoms with Crippen LogP contribution in [-0.2, 0) is 21.0 Å². The number of ether oxygens (including phenoxy) is 1. The number of anilines is 2. The molecule has 0 saturated carbocycles. The molecule has 2 aromatic rings. The first-order valence-corrected chi connectivity index (χ1v) is 9.91. The molecular formula is C18H19F3N2O4S. The van der Waals surface area contributed by atoms with Crippen LogP contribution in [0.3, 0.4) is 0 Å². The van der Waals surface area contributed by atoms with Gasteiger partial charge in [-0.2, -0.15) is 13.2 Å². The molecule has 0 bridgehead atoms. The number of carbonyl (C=O) groups is 1. The van der Waals surface area contributed by atoms with Crippen LogP contribution < -0.4 is 14.4 Å². The zero-order valence-corrected chi connectivity index (χ0v) is 16.1. The number of nitrogens with one attached hydrogen (secondary N) is 1. The summed E-state index contributed by atoms with van der Waals surface area (Å²) in [6.45, 7) is 1.44. The molecule has 152 valence electrons. The molecule has 0 radical (unpaired) electrons. The number of amides is 1. The van der Waals surface area contributed by atoms with Gasteiger partial charge in [-0.1, -0.05) is 6.07 Å². The van der Waals surface area contributed by atoms with Gasteiger partial charge in [-0.3, -0.25) is 9.10 Å². The summed E-state index contributed by atoms with van der Waals surface area (Å²) in [6, 6.07) is 10.3. The van der Waals surface area contributed by atoms with Crippen molar-refractivity contribution in [3.63, 3.8) is 0 Å². The monoisotopic (exact) mass is 416 g/mol. The van der Waals surface area contributed by atoms with E-state index in [9.17, 15) is 26.4 Å². The number of alkyl halides is 3. The lowest BCUT2D eigenvalue weighted by Gasteiger charge is -2.18. The van der Waals surface area contributed by atoms with Crippen molar-refractivity contribution in [3.05, 3.63) is 54.1 Å². The van der Waals surface area contributed by atoms with Gasteiger partial charge < -0.3 is 10.1 Å². The van der Waals surface area contributed by atoms with Gasteiger partial charge >= 0.3 is 6.18 Å². The van der Waals surface area contributed by atoms with Crippen molar-refractivity contribution >= 4 is 27.3 Å². The lowest BCUT2D eigenvalue weighted by atomic mass is 10.2. The first-order valence-electron chi connectivity index (χ1n) is 8.06. The molecular weight excluding hydrogens is 397 g/mol.